The zero-order valence-electron chi connectivity index (χ0n) is 10.8. The van der Waals surface area contributed by atoms with Gasteiger partial charge in [-0.15, -0.1) is 0 Å². The largest absolute Gasteiger partial charge is 0.317 e. The molecule has 0 atom stereocenters. The smallest absolute Gasteiger partial charge is 0.00362 e. The van der Waals surface area contributed by atoms with E-state index in [2.05, 4.69) is 31.0 Å². The van der Waals surface area contributed by atoms with Crippen LogP contribution in [0.15, 0.2) is 0 Å². The lowest BCUT2D eigenvalue weighted by molar-refractivity contribution is 0.131. The Morgan fingerprint density at radius 1 is 1.20 bits per heavy atom. The minimum absolute atomic E-state index is 0.564. The molecule has 1 aliphatic rings. The van der Waals surface area contributed by atoms with Gasteiger partial charge in [0.05, 0.1) is 0 Å². The number of rotatable bonds is 6. The fraction of sp³-hybridized carbons (Fsp3) is 1.00. The van der Waals surface area contributed by atoms with Gasteiger partial charge in [-0.2, -0.15) is 0 Å². The zero-order chi connectivity index (χ0) is 11.1. The van der Waals surface area contributed by atoms with E-state index in [-0.39, 0.29) is 0 Å². The first-order valence-electron chi connectivity index (χ1n) is 6.63. The van der Waals surface area contributed by atoms with Gasteiger partial charge >= 0.3 is 0 Å². The number of nitrogens with one attached hydrogen (secondary N) is 1. The first-order valence-corrected chi connectivity index (χ1v) is 6.63. The predicted octanol–water partition coefficient (Wildman–Crippen LogP) is 2.50. The lowest BCUT2D eigenvalue weighted by atomic mass is 9.80. The van der Waals surface area contributed by atoms with Crippen LogP contribution in [0.1, 0.15) is 46.5 Å². The lowest BCUT2D eigenvalue weighted by Gasteiger charge is -2.38. The molecule has 0 bridgehead atoms. The SMILES string of the molecule is CCCCN(CC)CC1(C)CCNCC1. The first kappa shape index (κ1) is 13.0. The molecule has 1 fully saturated rings. The standard InChI is InChI=1S/C13H28N2/c1-4-6-11-15(5-2)12-13(3)7-9-14-10-8-13/h14H,4-12H2,1-3H3. The normalized spacial score (nSPS) is 20.8. The summed E-state index contributed by atoms with van der Waals surface area (Å²) in [5, 5.41) is 3.46. The van der Waals surface area contributed by atoms with Crippen molar-refractivity contribution in [1.82, 2.24) is 10.2 Å². The van der Waals surface area contributed by atoms with E-state index in [1.54, 1.807) is 0 Å². The number of piperidine rings is 1. The van der Waals surface area contributed by atoms with Gasteiger partial charge in [0.25, 0.3) is 0 Å². The van der Waals surface area contributed by atoms with Crippen molar-refractivity contribution in [3.05, 3.63) is 0 Å². The molecule has 0 aromatic carbocycles. The quantitative estimate of drug-likeness (QED) is 0.728. The van der Waals surface area contributed by atoms with Gasteiger partial charge in [0.2, 0.25) is 0 Å². The highest BCUT2D eigenvalue weighted by atomic mass is 15.1. The number of nitrogens with zero attached hydrogens (tertiary/aromatic N) is 1. The summed E-state index contributed by atoms with van der Waals surface area (Å²) in [4.78, 5) is 2.63. The van der Waals surface area contributed by atoms with E-state index in [1.165, 1.54) is 58.4 Å². The van der Waals surface area contributed by atoms with E-state index < -0.39 is 0 Å². The maximum absolute atomic E-state index is 3.46. The fourth-order valence-electron chi connectivity index (χ4n) is 2.46. The predicted molar refractivity (Wildman–Crippen MR) is 67.2 cm³/mol. The Labute approximate surface area is 95.4 Å². The van der Waals surface area contributed by atoms with Gasteiger partial charge in [-0.25, -0.2) is 0 Å². The van der Waals surface area contributed by atoms with Gasteiger partial charge in [-0.3, -0.25) is 0 Å². The van der Waals surface area contributed by atoms with Crippen molar-refractivity contribution in [3.63, 3.8) is 0 Å². The average Bonchev–Trinajstić information content (AvgIpc) is 2.25. The van der Waals surface area contributed by atoms with Crippen LogP contribution in [0.4, 0.5) is 0 Å². The van der Waals surface area contributed by atoms with Gasteiger partial charge in [-0.1, -0.05) is 27.2 Å². The van der Waals surface area contributed by atoms with Crippen LogP contribution in [-0.4, -0.2) is 37.6 Å². The van der Waals surface area contributed by atoms with Crippen molar-refractivity contribution in [1.29, 1.82) is 0 Å². The molecule has 1 heterocycles. The van der Waals surface area contributed by atoms with Crippen molar-refractivity contribution < 1.29 is 0 Å². The van der Waals surface area contributed by atoms with Crippen molar-refractivity contribution in [2.45, 2.75) is 46.5 Å². The molecular weight excluding hydrogens is 184 g/mol. The van der Waals surface area contributed by atoms with Gasteiger partial charge in [-0.05, 0) is 50.9 Å². The monoisotopic (exact) mass is 212 g/mol. The second kappa shape index (κ2) is 6.49. The molecule has 0 aromatic heterocycles. The van der Waals surface area contributed by atoms with Crippen LogP contribution in [0.5, 0.6) is 0 Å². The molecule has 1 saturated heterocycles. The molecule has 1 N–H and O–H groups in total. The van der Waals surface area contributed by atoms with Gasteiger partial charge in [0.1, 0.15) is 0 Å². The van der Waals surface area contributed by atoms with E-state index in [4.69, 9.17) is 0 Å². The molecule has 15 heavy (non-hydrogen) atoms. The number of unbranched alkanes of at least 4 members (excludes halogenated alkanes) is 1. The van der Waals surface area contributed by atoms with E-state index in [0.29, 0.717) is 5.41 Å². The Hall–Kier alpha value is -0.0800. The summed E-state index contributed by atoms with van der Waals surface area (Å²) in [5.41, 5.74) is 0.564. The summed E-state index contributed by atoms with van der Waals surface area (Å²) in [5.74, 6) is 0. The third-order valence-corrected chi connectivity index (χ3v) is 3.69. The Morgan fingerprint density at radius 2 is 1.87 bits per heavy atom. The van der Waals surface area contributed by atoms with E-state index in [1.807, 2.05) is 0 Å². The highest BCUT2D eigenvalue weighted by Gasteiger charge is 2.28. The minimum Gasteiger partial charge on any atom is -0.317 e. The van der Waals surface area contributed by atoms with Crippen molar-refractivity contribution in [2.24, 2.45) is 5.41 Å². The summed E-state index contributed by atoms with van der Waals surface area (Å²) in [7, 11) is 0. The molecule has 1 rings (SSSR count). The third-order valence-electron chi connectivity index (χ3n) is 3.69. The molecule has 2 heteroatoms. The van der Waals surface area contributed by atoms with Crippen LogP contribution < -0.4 is 5.32 Å². The molecular formula is C13H28N2. The summed E-state index contributed by atoms with van der Waals surface area (Å²) >= 11 is 0. The van der Waals surface area contributed by atoms with Crippen molar-refractivity contribution >= 4 is 0 Å². The molecule has 0 spiro atoms. The highest BCUT2D eigenvalue weighted by molar-refractivity contribution is 4.83. The summed E-state index contributed by atoms with van der Waals surface area (Å²) in [6, 6.07) is 0. The molecule has 90 valence electrons. The molecule has 1 aliphatic heterocycles. The van der Waals surface area contributed by atoms with Crippen LogP contribution in [0, 0.1) is 5.41 Å². The maximum atomic E-state index is 3.46. The second-order valence-electron chi connectivity index (χ2n) is 5.28. The molecule has 2 nitrogen and oxygen atoms in total. The van der Waals surface area contributed by atoms with E-state index >= 15 is 0 Å². The average molecular weight is 212 g/mol. The van der Waals surface area contributed by atoms with E-state index in [9.17, 15) is 0 Å². The molecule has 0 saturated carbocycles. The second-order valence-corrected chi connectivity index (χ2v) is 5.28. The van der Waals surface area contributed by atoms with Crippen LogP contribution in [0.25, 0.3) is 0 Å². The molecule has 0 unspecified atom stereocenters. The molecule has 0 aliphatic carbocycles. The summed E-state index contributed by atoms with van der Waals surface area (Å²) < 4.78 is 0. The Balaban J connectivity index is 2.34. The van der Waals surface area contributed by atoms with Crippen LogP contribution in [0.3, 0.4) is 0 Å². The molecule has 0 amide bonds. The first-order chi connectivity index (χ1) is 7.20. The highest BCUT2D eigenvalue weighted by Crippen LogP contribution is 2.28. The van der Waals surface area contributed by atoms with Crippen LogP contribution >= 0.6 is 0 Å². The zero-order valence-corrected chi connectivity index (χ0v) is 10.8. The van der Waals surface area contributed by atoms with Crippen LogP contribution in [-0.2, 0) is 0 Å². The topological polar surface area (TPSA) is 15.3 Å². The summed E-state index contributed by atoms with van der Waals surface area (Å²) in [6.45, 7) is 13.2. The summed E-state index contributed by atoms with van der Waals surface area (Å²) in [6.07, 6.45) is 5.35. The Morgan fingerprint density at radius 3 is 2.40 bits per heavy atom. The molecule has 0 radical (unpaired) electrons. The fourth-order valence-corrected chi connectivity index (χ4v) is 2.46. The maximum Gasteiger partial charge on any atom is 0.00362 e. The molecule has 0 aromatic rings. The van der Waals surface area contributed by atoms with Gasteiger partial charge in [0, 0.05) is 6.54 Å². The van der Waals surface area contributed by atoms with E-state index in [0.717, 1.165) is 0 Å². The number of hydrogen-bond donors (Lipinski definition) is 1. The lowest BCUT2D eigenvalue weighted by Crippen LogP contribution is -2.43. The van der Waals surface area contributed by atoms with Gasteiger partial charge < -0.3 is 10.2 Å². The Kier molecular flexibility index (Phi) is 5.62. The Bertz CT molecular complexity index is 162. The van der Waals surface area contributed by atoms with Crippen molar-refractivity contribution in [2.75, 3.05) is 32.7 Å². The van der Waals surface area contributed by atoms with Crippen molar-refractivity contribution in [3.8, 4) is 0 Å². The van der Waals surface area contributed by atoms with Gasteiger partial charge in [0.15, 0.2) is 0 Å². The van der Waals surface area contributed by atoms with Crippen LogP contribution in [0.2, 0.25) is 0 Å². The third kappa shape index (κ3) is 4.52. The number of hydrogen-bond acceptors (Lipinski definition) is 2. The minimum atomic E-state index is 0.564.